The minimum atomic E-state index is -0.249. The lowest BCUT2D eigenvalue weighted by Crippen LogP contribution is -2.47. The number of piperazine rings is 1. The number of benzene rings is 1. The largest absolute Gasteiger partial charge is 0.468 e. The predicted molar refractivity (Wildman–Crippen MR) is 116 cm³/mol. The van der Waals surface area contributed by atoms with E-state index in [4.69, 9.17) is 0 Å². The number of hydrogen-bond donors (Lipinski definition) is 1. The van der Waals surface area contributed by atoms with Gasteiger partial charge >= 0.3 is 5.97 Å². The molecular weight excluding hydrogens is 374 g/mol. The Kier molecular flexibility index (Phi) is 9.64. The molecule has 1 amide bonds. The Morgan fingerprint density at radius 3 is 2.68 bits per heavy atom. The van der Waals surface area contributed by atoms with Crippen molar-refractivity contribution in [3.63, 3.8) is 0 Å². The smallest absolute Gasteiger partial charge is 0.315 e. The molecule has 0 radical (unpaired) electrons. The van der Waals surface area contributed by atoms with E-state index < -0.39 is 0 Å². The van der Waals surface area contributed by atoms with Crippen molar-refractivity contribution < 1.29 is 14.3 Å². The molecule has 0 aromatic heterocycles. The molecule has 1 heterocycles. The lowest BCUT2D eigenvalue weighted by Gasteiger charge is -2.36. The number of carbonyl (C=O) groups is 2. The van der Waals surface area contributed by atoms with E-state index in [1.165, 1.54) is 30.1 Å². The van der Waals surface area contributed by atoms with E-state index in [2.05, 4.69) is 58.0 Å². The van der Waals surface area contributed by atoms with Crippen LogP contribution in [-0.4, -0.2) is 74.2 Å². The van der Waals surface area contributed by atoms with Gasteiger partial charge in [-0.15, -0.1) is 11.8 Å². The fourth-order valence-electron chi connectivity index (χ4n) is 3.23. The second-order valence-electron chi connectivity index (χ2n) is 7.30. The van der Waals surface area contributed by atoms with Crippen LogP contribution >= 0.6 is 11.8 Å². The molecule has 0 bridgehead atoms. The monoisotopic (exact) mass is 407 g/mol. The third kappa shape index (κ3) is 8.10. The molecule has 1 fully saturated rings. The summed E-state index contributed by atoms with van der Waals surface area (Å²) in [4.78, 5) is 27.9. The van der Waals surface area contributed by atoms with Gasteiger partial charge in [0.05, 0.1) is 12.9 Å². The zero-order valence-electron chi connectivity index (χ0n) is 17.3. The van der Waals surface area contributed by atoms with Crippen LogP contribution in [0.1, 0.15) is 25.3 Å². The van der Waals surface area contributed by atoms with Gasteiger partial charge in [0.25, 0.3) is 0 Å². The number of aryl methyl sites for hydroxylation is 1. The molecule has 6 nitrogen and oxygen atoms in total. The maximum atomic E-state index is 12.0. The molecule has 0 spiro atoms. The predicted octanol–water partition coefficient (Wildman–Crippen LogP) is 2.31. The number of anilines is 1. The Labute approximate surface area is 173 Å². The van der Waals surface area contributed by atoms with Crippen molar-refractivity contribution in [1.29, 1.82) is 0 Å². The lowest BCUT2D eigenvalue weighted by atomic mass is 10.1. The van der Waals surface area contributed by atoms with Gasteiger partial charge in [-0.25, -0.2) is 0 Å². The number of esters is 1. The minimum Gasteiger partial charge on any atom is -0.468 e. The number of amides is 1. The van der Waals surface area contributed by atoms with Crippen LogP contribution in [0, 0.1) is 6.92 Å². The highest BCUT2D eigenvalue weighted by atomic mass is 32.2. The highest BCUT2D eigenvalue weighted by Crippen LogP contribution is 2.18. The third-order valence-corrected chi connectivity index (χ3v) is 5.88. The first kappa shape index (κ1) is 22.6. The van der Waals surface area contributed by atoms with E-state index in [9.17, 15) is 9.59 Å². The SMILES string of the molecule is COC(=O)CSCCC(=O)NC(C)CCN1CCN(c2cccc(C)c2)CC1. The summed E-state index contributed by atoms with van der Waals surface area (Å²) < 4.78 is 4.58. The molecule has 1 saturated heterocycles. The van der Waals surface area contributed by atoms with Gasteiger partial charge in [-0.05, 0) is 38.0 Å². The fraction of sp³-hybridized carbons (Fsp3) is 0.619. The van der Waals surface area contributed by atoms with Crippen molar-refractivity contribution >= 4 is 29.3 Å². The number of nitrogens with one attached hydrogen (secondary N) is 1. The van der Waals surface area contributed by atoms with Crippen LogP contribution in [0.15, 0.2) is 24.3 Å². The Morgan fingerprint density at radius 2 is 2.00 bits per heavy atom. The fourth-order valence-corrected chi connectivity index (χ4v) is 3.99. The highest BCUT2D eigenvalue weighted by Gasteiger charge is 2.18. The minimum absolute atomic E-state index is 0.0501. The van der Waals surface area contributed by atoms with Crippen LogP contribution in [0.4, 0.5) is 5.69 Å². The second kappa shape index (κ2) is 12.0. The molecule has 156 valence electrons. The molecule has 1 aromatic carbocycles. The van der Waals surface area contributed by atoms with Crippen LogP contribution in [-0.2, 0) is 14.3 Å². The van der Waals surface area contributed by atoms with E-state index in [0.717, 1.165) is 39.1 Å². The van der Waals surface area contributed by atoms with Crippen molar-refractivity contribution in [2.24, 2.45) is 0 Å². The van der Waals surface area contributed by atoms with Gasteiger partial charge in [-0.2, -0.15) is 0 Å². The first-order valence-corrected chi connectivity index (χ1v) is 11.1. The standard InChI is InChI=1S/C21H33N3O3S/c1-17-5-4-6-19(15-17)24-12-10-23(11-13-24)9-7-18(2)22-20(25)8-14-28-16-21(26)27-3/h4-6,15,18H,7-14,16H2,1-3H3,(H,22,25). The molecule has 0 aliphatic carbocycles. The molecule has 7 heteroatoms. The highest BCUT2D eigenvalue weighted by molar-refractivity contribution is 7.99. The number of hydrogen-bond acceptors (Lipinski definition) is 6. The summed E-state index contributed by atoms with van der Waals surface area (Å²) in [6.07, 6.45) is 1.38. The van der Waals surface area contributed by atoms with Gasteiger partial charge < -0.3 is 15.0 Å². The van der Waals surface area contributed by atoms with Gasteiger partial charge in [-0.3, -0.25) is 14.5 Å². The van der Waals surface area contributed by atoms with Crippen molar-refractivity contribution in [2.45, 2.75) is 32.7 Å². The molecule has 1 aromatic rings. The lowest BCUT2D eigenvalue weighted by molar-refractivity contribution is -0.137. The number of ether oxygens (including phenoxy) is 1. The molecule has 1 aliphatic rings. The zero-order chi connectivity index (χ0) is 20.4. The quantitative estimate of drug-likeness (QED) is 0.474. The van der Waals surface area contributed by atoms with E-state index in [-0.39, 0.29) is 17.9 Å². The molecule has 0 saturated carbocycles. The maximum Gasteiger partial charge on any atom is 0.315 e. The Hall–Kier alpha value is -1.73. The van der Waals surface area contributed by atoms with Crippen LogP contribution < -0.4 is 10.2 Å². The van der Waals surface area contributed by atoms with Gasteiger partial charge in [-0.1, -0.05) is 12.1 Å². The number of carbonyl (C=O) groups excluding carboxylic acids is 2. The molecule has 1 atom stereocenters. The summed E-state index contributed by atoms with van der Waals surface area (Å²) >= 11 is 1.43. The van der Waals surface area contributed by atoms with Crippen molar-refractivity contribution in [3.8, 4) is 0 Å². The van der Waals surface area contributed by atoms with Crippen LogP contribution in [0.5, 0.6) is 0 Å². The van der Waals surface area contributed by atoms with Crippen LogP contribution in [0.25, 0.3) is 0 Å². The summed E-state index contributed by atoms with van der Waals surface area (Å²) in [7, 11) is 1.37. The summed E-state index contributed by atoms with van der Waals surface area (Å²) in [6, 6.07) is 8.84. The molecule has 28 heavy (non-hydrogen) atoms. The number of thioether (sulfide) groups is 1. The van der Waals surface area contributed by atoms with Crippen molar-refractivity contribution in [2.75, 3.05) is 56.2 Å². The van der Waals surface area contributed by atoms with E-state index in [1.807, 2.05) is 0 Å². The van der Waals surface area contributed by atoms with E-state index >= 15 is 0 Å². The summed E-state index contributed by atoms with van der Waals surface area (Å²) in [5.74, 6) is 0.734. The Bertz CT molecular complexity index is 633. The molecule has 1 N–H and O–H groups in total. The molecule has 2 rings (SSSR count). The number of nitrogens with zero attached hydrogens (tertiary/aromatic N) is 2. The Morgan fingerprint density at radius 1 is 1.25 bits per heavy atom. The summed E-state index contributed by atoms with van der Waals surface area (Å²) in [6.45, 7) is 9.39. The van der Waals surface area contributed by atoms with Gasteiger partial charge in [0.15, 0.2) is 0 Å². The van der Waals surface area contributed by atoms with Crippen molar-refractivity contribution in [3.05, 3.63) is 29.8 Å². The van der Waals surface area contributed by atoms with Gasteiger partial charge in [0.1, 0.15) is 0 Å². The molecule has 1 unspecified atom stereocenters. The normalized spacial score (nSPS) is 15.9. The second-order valence-corrected chi connectivity index (χ2v) is 8.41. The van der Waals surface area contributed by atoms with Gasteiger partial charge in [0, 0.05) is 56.6 Å². The first-order valence-electron chi connectivity index (χ1n) is 9.96. The Balaban J connectivity index is 1.58. The third-order valence-electron chi connectivity index (χ3n) is 4.95. The average molecular weight is 408 g/mol. The number of rotatable bonds is 10. The first-order chi connectivity index (χ1) is 13.5. The summed E-state index contributed by atoms with van der Waals surface area (Å²) in [5.41, 5.74) is 2.61. The van der Waals surface area contributed by atoms with Gasteiger partial charge in [0.2, 0.25) is 5.91 Å². The maximum absolute atomic E-state index is 12.0. The number of methoxy groups -OCH3 is 1. The summed E-state index contributed by atoms with van der Waals surface area (Å²) in [5, 5.41) is 3.06. The van der Waals surface area contributed by atoms with E-state index in [0.29, 0.717) is 17.9 Å². The molecular formula is C21H33N3O3S. The zero-order valence-corrected chi connectivity index (χ0v) is 18.1. The van der Waals surface area contributed by atoms with Crippen molar-refractivity contribution in [1.82, 2.24) is 10.2 Å². The molecule has 1 aliphatic heterocycles. The van der Waals surface area contributed by atoms with E-state index in [1.54, 1.807) is 0 Å². The average Bonchev–Trinajstić information content (AvgIpc) is 2.70. The van der Waals surface area contributed by atoms with Crippen LogP contribution in [0.3, 0.4) is 0 Å². The van der Waals surface area contributed by atoms with Crippen LogP contribution in [0.2, 0.25) is 0 Å². The topological polar surface area (TPSA) is 61.9 Å².